The van der Waals surface area contributed by atoms with Gasteiger partial charge in [0.2, 0.25) is 0 Å². The second-order valence-corrected chi connectivity index (χ2v) is 12.8. The van der Waals surface area contributed by atoms with Crippen LogP contribution >= 0.6 is 11.8 Å². The highest BCUT2D eigenvalue weighted by Crippen LogP contribution is 2.48. The number of halogens is 3. The van der Waals surface area contributed by atoms with Crippen molar-refractivity contribution in [2.75, 3.05) is 49.7 Å². The average molecular weight is 606 g/mol. The molecule has 0 radical (unpaired) electrons. The molecule has 4 fully saturated rings. The molecular formula is C32H30F3N5O2S. The van der Waals surface area contributed by atoms with E-state index in [1.54, 1.807) is 0 Å². The molecule has 11 heteroatoms. The molecule has 1 spiro atoms. The Morgan fingerprint density at radius 1 is 1.19 bits per heavy atom. The van der Waals surface area contributed by atoms with Crippen LogP contribution in [0.25, 0.3) is 32.9 Å². The van der Waals surface area contributed by atoms with Crippen LogP contribution < -0.4 is 9.64 Å². The first-order valence-electron chi connectivity index (χ1n) is 14.3. The van der Waals surface area contributed by atoms with Gasteiger partial charge in [0.15, 0.2) is 5.82 Å². The Hall–Kier alpha value is -3.75. The second-order valence-electron chi connectivity index (χ2n) is 11.8. The number of fused-ring (bicyclic) bond motifs is 3. The lowest BCUT2D eigenvalue weighted by Gasteiger charge is -2.55. The first-order chi connectivity index (χ1) is 20.8. The van der Waals surface area contributed by atoms with E-state index in [1.165, 1.54) is 50.4 Å². The maximum atomic E-state index is 16.0. The number of hydrogen-bond donors (Lipinski definition) is 1. The fourth-order valence-electron chi connectivity index (χ4n) is 6.81. The van der Waals surface area contributed by atoms with Crippen molar-refractivity contribution in [3.8, 4) is 35.4 Å². The van der Waals surface area contributed by atoms with Gasteiger partial charge in [-0.15, -0.1) is 6.42 Å². The maximum Gasteiger partial charge on any atom is 0.318 e. The maximum absolute atomic E-state index is 16.0. The summed E-state index contributed by atoms with van der Waals surface area (Å²) in [5.74, 6) is 3.66. The number of rotatable bonds is 3. The van der Waals surface area contributed by atoms with Gasteiger partial charge in [-0.25, -0.2) is 13.2 Å². The minimum absolute atomic E-state index is 0.0287. The van der Waals surface area contributed by atoms with Crippen LogP contribution in [0, 0.1) is 29.4 Å². The minimum Gasteiger partial charge on any atom is -0.508 e. The van der Waals surface area contributed by atoms with Crippen LogP contribution in [0.3, 0.4) is 0 Å². The highest BCUT2D eigenvalue weighted by Gasteiger charge is 2.49. The number of methoxy groups -OCH3 is 1. The number of hydrogen-bond acceptors (Lipinski definition) is 8. The molecule has 0 aliphatic carbocycles. The van der Waals surface area contributed by atoms with Crippen LogP contribution in [-0.2, 0) is 0 Å². The van der Waals surface area contributed by atoms with Crippen molar-refractivity contribution < 1.29 is 23.0 Å². The molecular weight excluding hydrogens is 575 g/mol. The number of alkyl halides is 1. The molecule has 4 saturated heterocycles. The number of aromatic hydroxyl groups is 1. The molecule has 6 heterocycles. The third-order valence-electron chi connectivity index (χ3n) is 8.91. The highest BCUT2D eigenvalue weighted by atomic mass is 32.2. The van der Waals surface area contributed by atoms with Gasteiger partial charge in [0.25, 0.3) is 0 Å². The van der Waals surface area contributed by atoms with Gasteiger partial charge in [0.1, 0.15) is 34.8 Å². The molecule has 43 heavy (non-hydrogen) atoms. The zero-order valence-corrected chi connectivity index (χ0v) is 24.4. The molecule has 1 N–H and O–H groups in total. The lowest BCUT2D eigenvalue weighted by atomic mass is 9.83. The first kappa shape index (κ1) is 28.0. The molecule has 2 aromatic carbocycles. The zero-order chi connectivity index (χ0) is 29.9. The topological polar surface area (TPSA) is 74.6 Å². The second kappa shape index (κ2) is 10.8. The number of terminal acetylenes is 1. The standard InChI is InChI=1S/C25H18F2N4O2S.C7H12FN/c1-3-15-18(26)5-4-13-6-14(32)7-16(19(13)15)21-20(27)22-17(8-28-21)23(30-24(29-22)33-2)31-9-25(10-31)11-34-12-25;8-6-4-7-2-1-3-9(7)5-6/h1,4-8,32H,9-12H2,2H3;6-7H,1-5H2. The largest absolute Gasteiger partial charge is 0.508 e. The van der Waals surface area contributed by atoms with Gasteiger partial charge in [-0.1, -0.05) is 12.0 Å². The average Bonchev–Trinajstić information content (AvgIpc) is 3.53. The normalized spacial score (nSPS) is 22.1. The van der Waals surface area contributed by atoms with Crippen molar-refractivity contribution in [2.24, 2.45) is 5.41 Å². The molecule has 4 aromatic rings. The quantitative estimate of drug-likeness (QED) is 0.304. The molecule has 0 saturated carbocycles. The smallest absolute Gasteiger partial charge is 0.318 e. The summed E-state index contributed by atoms with van der Waals surface area (Å²) in [7, 11) is 1.43. The van der Waals surface area contributed by atoms with Crippen LogP contribution in [0.5, 0.6) is 11.8 Å². The van der Waals surface area contributed by atoms with Gasteiger partial charge in [-0.05, 0) is 49.4 Å². The summed E-state index contributed by atoms with van der Waals surface area (Å²) in [6, 6.07) is 6.12. The van der Waals surface area contributed by atoms with Crippen molar-refractivity contribution >= 4 is 39.3 Å². The predicted octanol–water partition coefficient (Wildman–Crippen LogP) is 5.56. The van der Waals surface area contributed by atoms with Crippen molar-refractivity contribution in [2.45, 2.75) is 31.5 Å². The van der Waals surface area contributed by atoms with E-state index in [0.717, 1.165) is 37.6 Å². The summed E-state index contributed by atoms with van der Waals surface area (Å²) in [4.78, 5) is 17.5. The fraction of sp³-hybridized carbons (Fsp3) is 0.406. The summed E-state index contributed by atoms with van der Waals surface area (Å²) >= 11 is 1.92. The molecule has 7 nitrogen and oxygen atoms in total. The molecule has 4 aliphatic heterocycles. The number of phenols is 1. The molecule has 222 valence electrons. The molecule has 8 rings (SSSR count). The van der Waals surface area contributed by atoms with Gasteiger partial charge < -0.3 is 14.7 Å². The number of anilines is 1. The number of phenolic OH excluding ortho intramolecular Hbond substituents is 1. The SMILES string of the molecule is C#Cc1c(F)ccc2cc(O)cc(-c3ncc4c(N5CC6(CSC6)C5)nc(OC)nc4c3F)c12.FC1CC2CCCN2C1. The summed E-state index contributed by atoms with van der Waals surface area (Å²) < 4.78 is 48.4. The number of thioether (sulfide) groups is 1. The van der Waals surface area contributed by atoms with E-state index in [9.17, 15) is 13.9 Å². The Bertz CT molecular complexity index is 1770. The Morgan fingerprint density at radius 3 is 2.70 bits per heavy atom. The van der Waals surface area contributed by atoms with Crippen LogP contribution in [0.2, 0.25) is 0 Å². The minimum atomic E-state index is -0.729. The van der Waals surface area contributed by atoms with E-state index in [0.29, 0.717) is 40.0 Å². The number of aromatic nitrogens is 3. The predicted molar refractivity (Wildman–Crippen MR) is 162 cm³/mol. The van der Waals surface area contributed by atoms with E-state index in [4.69, 9.17) is 11.2 Å². The van der Waals surface area contributed by atoms with Crippen LogP contribution in [-0.4, -0.2) is 82.0 Å². The van der Waals surface area contributed by atoms with Crippen LogP contribution in [0.4, 0.5) is 19.0 Å². The third kappa shape index (κ3) is 4.81. The van der Waals surface area contributed by atoms with E-state index >= 15 is 4.39 Å². The number of pyridine rings is 1. The summed E-state index contributed by atoms with van der Waals surface area (Å²) in [5, 5.41) is 11.5. The summed E-state index contributed by atoms with van der Waals surface area (Å²) in [5.41, 5.74) is 0.384. The van der Waals surface area contributed by atoms with Gasteiger partial charge in [-0.3, -0.25) is 9.88 Å². The summed E-state index contributed by atoms with van der Waals surface area (Å²) in [6.07, 6.45) is 9.89. The van der Waals surface area contributed by atoms with Gasteiger partial charge in [0.05, 0.1) is 18.1 Å². The molecule has 2 aromatic heterocycles. The van der Waals surface area contributed by atoms with Crippen molar-refractivity contribution in [1.29, 1.82) is 0 Å². The lowest BCUT2D eigenvalue weighted by Crippen LogP contribution is -2.63. The lowest BCUT2D eigenvalue weighted by molar-refractivity contribution is 0.270. The molecule has 2 atom stereocenters. The van der Waals surface area contributed by atoms with Gasteiger partial charge in [-0.2, -0.15) is 21.7 Å². The van der Waals surface area contributed by atoms with E-state index in [2.05, 4.69) is 30.7 Å². The molecule has 0 bridgehead atoms. The number of ether oxygens (including phenoxy) is 1. The first-order valence-corrected chi connectivity index (χ1v) is 15.5. The Morgan fingerprint density at radius 2 is 2.00 bits per heavy atom. The molecule has 2 unspecified atom stereocenters. The number of benzene rings is 2. The Kier molecular flexibility index (Phi) is 7.01. The van der Waals surface area contributed by atoms with Gasteiger partial charge >= 0.3 is 6.01 Å². The zero-order valence-electron chi connectivity index (χ0n) is 23.6. The van der Waals surface area contributed by atoms with E-state index in [1.807, 2.05) is 11.8 Å². The van der Waals surface area contributed by atoms with Crippen molar-refractivity contribution in [3.05, 3.63) is 47.7 Å². The molecule has 0 amide bonds. The number of nitrogens with zero attached hydrogens (tertiary/aromatic N) is 5. The van der Waals surface area contributed by atoms with E-state index < -0.39 is 17.8 Å². The van der Waals surface area contributed by atoms with Crippen LogP contribution in [0.15, 0.2) is 30.5 Å². The highest BCUT2D eigenvalue weighted by molar-refractivity contribution is 8.00. The third-order valence-corrected chi connectivity index (χ3v) is 10.5. The molecule has 4 aliphatic rings. The van der Waals surface area contributed by atoms with Crippen molar-refractivity contribution in [3.63, 3.8) is 0 Å². The Balaban J connectivity index is 0.000000283. The summed E-state index contributed by atoms with van der Waals surface area (Å²) in [6.45, 7) is 3.52. The van der Waals surface area contributed by atoms with E-state index in [-0.39, 0.29) is 34.1 Å². The Labute approximate surface area is 251 Å². The monoisotopic (exact) mass is 605 g/mol. The van der Waals surface area contributed by atoms with Crippen molar-refractivity contribution in [1.82, 2.24) is 19.9 Å². The van der Waals surface area contributed by atoms with Crippen LogP contribution in [0.1, 0.15) is 24.8 Å². The van der Waals surface area contributed by atoms with Gasteiger partial charge in [0, 0.05) is 59.7 Å². The fourth-order valence-corrected chi connectivity index (χ4v) is 7.95.